The smallest absolute Gasteiger partial charge is 0.119 e. The van der Waals surface area contributed by atoms with E-state index in [9.17, 15) is 5.11 Å². The van der Waals surface area contributed by atoms with E-state index in [4.69, 9.17) is 0 Å². The second-order valence-corrected chi connectivity index (χ2v) is 6.72. The highest BCUT2D eigenvalue weighted by atomic mass is 16.3. The maximum absolute atomic E-state index is 10.4. The normalized spacial score (nSPS) is 17.0. The second kappa shape index (κ2) is 10.3. The van der Waals surface area contributed by atoms with Crippen molar-refractivity contribution in [1.82, 2.24) is 0 Å². The summed E-state index contributed by atoms with van der Waals surface area (Å²) in [6, 6.07) is 4.28. The van der Waals surface area contributed by atoms with Gasteiger partial charge in [0.25, 0.3) is 0 Å². The average Bonchev–Trinajstić information content (AvgIpc) is 2.48. The molecular formula is C22H34O. The molecule has 1 aromatic carbocycles. The van der Waals surface area contributed by atoms with Crippen LogP contribution < -0.4 is 0 Å². The van der Waals surface area contributed by atoms with Gasteiger partial charge in [-0.15, -0.1) is 6.58 Å². The zero-order valence-electron chi connectivity index (χ0n) is 15.5. The van der Waals surface area contributed by atoms with E-state index in [1.807, 2.05) is 13.0 Å². The third-order valence-corrected chi connectivity index (χ3v) is 4.44. The molecule has 1 aliphatic carbocycles. The quantitative estimate of drug-likeness (QED) is 0.466. The van der Waals surface area contributed by atoms with Gasteiger partial charge in [-0.1, -0.05) is 43.6 Å². The van der Waals surface area contributed by atoms with Crippen molar-refractivity contribution in [1.29, 1.82) is 0 Å². The Morgan fingerprint density at radius 3 is 2.52 bits per heavy atom. The van der Waals surface area contributed by atoms with Crippen LogP contribution in [0, 0.1) is 6.92 Å². The van der Waals surface area contributed by atoms with Gasteiger partial charge in [-0.05, 0) is 70.1 Å². The SMILES string of the molecule is C=CC.CCCCCc1cc(C)c(C2C=C(C)CCC2)c(O)c1. The van der Waals surface area contributed by atoms with Crippen molar-refractivity contribution >= 4 is 0 Å². The molecule has 0 saturated heterocycles. The van der Waals surface area contributed by atoms with Crippen LogP contribution >= 0.6 is 0 Å². The first-order chi connectivity index (χ1) is 11.0. The summed E-state index contributed by atoms with van der Waals surface area (Å²) in [5.74, 6) is 0.917. The molecule has 0 radical (unpaired) electrons. The zero-order valence-corrected chi connectivity index (χ0v) is 15.5. The van der Waals surface area contributed by atoms with Gasteiger partial charge in [0.2, 0.25) is 0 Å². The third-order valence-electron chi connectivity index (χ3n) is 4.44. The van der Waals surface area contributed by atoms with Gasteiger partial charge >= 0.3 is 0 Å². The molecule has 0 fully saturated rings. The van der Waals surface area contributed by atoms with Crippen molar-refractivity contribution in [2.24, 2.45) is 0 Å². The Balaban J connectivity index is 0.000000816. The van der Waals surface area contributed by atoms with Crippen LogP contribution in [-0.2, 0) is 6.42 Å². The van der Waals surface area contributed by atoms with Crippen molar-refractivity contribution in [3.8, 4) is 5.75 Å². The Bertz CT molecular complexity index is 502. The average molecular weight is 315 g/mol. The summed E-state index contributed by atoms with van der Waals surface area (Å²) in [5, 5.41) is 10.4. The number of hydrogen-bond acceptors (Lipinski definition) is 1. The fraction of sp³-hybridized carbons (Fsp3) is 0.545. The Morgan fingerprint density at radius 2 is 1.96 bits per heavy atom. The molecule has 0 bridgehead atoms. The van der Waals surface area contributed by atoms with Crippen LogP contribution in [-0.4, -0.2) is 5.11 Å². The highest BCUT2D eigenvalue weighted by Crippen LogP contribution is 2.38. The molecule has 0 aromatic heterocycles. The number of phenols is 1. The molecule has 2 rings (SSSR count). The van der Waals surface area contributed by atoms with Gasteiger partial charge in [-0.25, -0.2) is 0 Å². The van der Waals surface area contributed by atoms with E-state index in [2.05, 4.69) is 39.5 Å². The van der Waals surface area contributed by atoms with Crippen LogP contribution in [0.5, 0.6) is 5.75 Å². The van der Waals surface area contributed by atoms with Gasteiger partial charge in [0.05, 0.1) is 0 Å². The topological polar surface area (TPSA) is 20.2 Å². The molecule has 1 aromatic rings. The van der Waals surface area contributed by atoms with Gasteiger partial charge in [0.1, 0.15) is 5.75 Å². The van der Waals surface area contributed by atoms with Crippen LogP contribution in [0.25, 0.3) is 0 Å². The molecule has 1 heteroatoms. The minimum absolute atomic E-state index is 0.411. The van der Waals surface area contributed by atoms with Crippen LogP contribution in [0.1, 0.15) is 81.9 Å². The van der Waals surface area contributed by atoms with E-state index in [0.29, 0.717) is 11.7 Å². The first-order valence-corrected chi connectivity index (χ1v) is 9.10. The van der Waals surface area contributed by atoms with Crippen molar-refractivity contribution in [2.45, 2.75) is 78.6 Å². The first-order valence-electron chi connectivity index (χ1n) is 9.10. The summed E-state index contributed by atoms with van der Waals surface area (Å²) >= 11 is 0. The molecule has 0 saturated carbocycles. The van der Waals surface area contributed by atoms with Gasteiger partial charge in [0, 0.05) is 11.5 Å². The molecule has 1 aliphatic rings. The summed E-state index contributed by atoms with van der Waals surface area (Å²) in [4.78, 5) is 0. The standard InChI is InChI=1S/C19H28O.C3H6/c1-4-5-6-9-16-12-15(3)19(18(20)13-16)17-10-7-8-14(2)11-17;1-3-2/h11-13,17,20H,4-10H2,1-3H3;3H,1H2,2H3. The minimum Gasteiger partial charge on any atom is -0.508 e. The van der Waals surface area contributed by atoms with Crippen molar-refractivity contribution in [3.63, 3.8) is 0 Å². The Hall–Kier alpha value is -1.50. The molecule has 23 heavy (non-hydrogen) atoms. The maximum atomic E-state index is 10.4. The zero-order chi connectivity index (χ0) is 17.2. The third kappa shape index (κ3) is 6.25. The molecule has 1 nitrogen and oxygen atoms in total. The number of hydrogen-bond donors (Lipinski definition) is 1. The molecule has 128 valence electrons. The highest BCUT2D eigenvalue weighted by molar-refractivity contribution is 5.47. The van der Waals surface area contributed by atoms with Gasteiger partial charge in [0.15, 0.2) is 0 Å². The summed E-state index contributed by atoms with van der Waals surface area (Å²) < 4.78 is 0. The van der Waals surface area contributed by atoms with Crippen LogP contribution in [0.3, 0.4) is 0 Å². The van der Waals surface area contributed by atoms with E-state index < -0.39 is 0 Å². The number of rotatable bonds is 5. The molecule has 0 spiro atoms. The predicted octanol–water partition coefficient (Wildman–Crippen LogP) is 6.84. The lowest BCUT2D eigenvalue weighted by atomic mass is 9.83. The van der Waals surface area contributed by atoms with Gasteiger partial charge in [-0.3, -0.25) is 0 Å². The Kier molecular flexibility index (Phi) is 8.76. The molecule has 0 heterocycles. The Labute approximate surface area is 143 Å². The lowest BCUT2D eigenvalue weighted by Gasteiger charge is -2.23. The predicted molar refractivity (Wildman–Crippen MR) is 102 cm³/mol. The van der Waals surface area contributed by atoms with E-state index in [1.54, 1.807) is 6.08 Å². The van der Waals surface area contributed by atoms with E-state index in [-0.39, 0.29) is 0 Å². The number of unbranched alkanes of at least 4 members (excludes halogenated alkanes) is 2. The van der Waals surface area contributed by atoms with Gasteiger partial charge < -0.3 is 5.11 Å². The minimum atomic E-state index is 0.411. The van der Waals surface area contributed by atoms with Crippen molar-refractivity contribution in [2.75, 3.05) is 0 Å². The number of aromatic hydroxyl groups is 1. The largest absolute Gasteiger partial charge is 0.508 e. The molecule has 0 aliphatic heterocycles. The fourth-order valence-electron chi connectivity index (χ4n) is 3.40. The van der Waals surface area contributed by atoms with E-state index in [0.717, 1.165) is 12.0 Å². The molecule has 0 amide bonds. The number of phenolic OH excluding ortho intramolecular Hbond substituents is 1. The Morgan fingerprint density at radius 1 is 1.26 bits per heavy atom. The molecular weight excluding hydrogens is 280 g/mol. The van der Waals surface area contributed by atoms with Gasteiger partial charge in [-0.2, -0.15) is 0 Å². The van der Waals surface area contributed by atoms with E-state index >= 15 is 0 Å². The fourth-order valence-corrected chi connectivity index (χ4v) is 3.40. The van der Waals surface area contributed by atoms with Crippen LogP contribution in [0.4, 0.5) is 0 Å². The van der Waals surface area contributed by atoms with Crippen LogP contribution in [0.15, 0.2) is 36.4 Å². The number of aryl methyl sites for hydroxylation is 2. The summed E-state index contributed by atoms with van der Waals surface area (Å²) in [6.07, 6.45) is 12.5. The van der Waals surface area contributed by atoms with E-state index in [1.165, 1.54) is 55.2 Å². The lowest BCUT2D eigenvalue weighted by molar-refractivity contribution is 0.459. The highest BCUT2D eigenvalue weighted by Gasteiger charge is 2.19. The maximum Gasteiger partial charge on any atom is 0.119 e. The number of allylic oxidation sites excluding steroid dienone is 3. The van der Waals surface area contributed by atoms with Crippen LogP contribution in [0.2, 0.25) is 0 Å². The lowest BCUT2D eigenvalue weighted by Crippen LogP contribution is -2.05. The summed E-state index contributed by atoms with van der Waals surface area (Å²) in [6.45, 7) is 11.8. The number of benzene rings is 1. The molecule has 1 atom stereocenters. The van der Waals surface area contributed by atoms with Crippen molar-refractivity contribution in [3.05, 3.63) is 53.1 Å². The summed E-state index contributed by atoms with van der Waals surface area (Å²) in [7, 11) is 0. The summed E-state index contributed by atoms with van der Waals surface area (Å²) in [5.41, 5.74) is 5.16. The van der Waals surface area contributed by atoms with Crippen molar-refractivity contribution < 1.29 is 5.11 Å². The monoisotopic (exact) mass is 314 g/mol. The molecule has 1 unspecified atom stereocenters. The molecule has 1 N–H and O–H groups in total. The second-order valence-electron chi connectivity index (χ2n) is 6.72. The first kappa shape index (κ1) is 19.5.